The number of benzene rings is 1. The number of fused-ring (bicyclic) bond motifs is 1. The predicted octanol–water partition coefficient (Wildman–Crippen LogP) is 4.34. The number of hydrogen-bond donors (Lipinski definition) is 0. The Morgan fingerprint density at radius 3 is 2.73 bits per heavy atom. The molecule has 5 rings (SSSR count). The predicted molar refractivity (Wildman–Crippen MR) is 130 cm³/mol. The second-order valence-corrected chi connectivity index (χ2v) is 9.37. The van der Waals surface area contributed by atoms with E-state index in [1.54, 1.807) is 18.3 Å². The highest BCUT2D eigenvalue weighted by Crippen LogP contribution is 2.31. The Kier molecular flexibility index (Phi) is 5.75. The van der Waals surface area contributed by atoms with Crippen molar-refractivity contribution < 1.29 is 4.79 Å². The highest BCUT2D eigenvalue weighted by molar-refractivity contribution is 7.20. The van der Waals surface area contributed by atoms with E-state index >= 15 is 0 Å². The quantitative estimate of drug-likeness (QED) is 0.438. The van der Waals surface area contributed by atoms with Crippen LogP contribution in [-0.2, 0) is 6.54 Å². The number of rotatable bonds is 4. The van der Waals surface area contributed by atoms with Gasteiger partial charge in [-0.3, -0.25) is 9.48 Å². The van der Waals surface area contributed by atoms with Crippen molar-refractivity contribution in [3.8, 4) is 6.07 Å². The molecule has 0 N–H and O–H groups in total. The lowest BCUT2D eigenvalue weighted by Crippen LogP contribution is -2.49. The van der Waals surface area contributed by atoms with Gasteiger partial charge in [-0.25, -0.2) is 4.98 Å². The van der Waals surface area contributed by atoms with Crippen LogP contribution >= 0.6 is 22.9 Å². The molecule has 9 heteroatoms. The molecule has 3 aromatic heterocycles. The van der Waals surface area contributed by atoms with E-state index in [0.717, 1.165) is 21.5 Å². The summed E-state index contributed by atoms with van der Waals surface area (Å²) in [5.41, 5.74) is 2.45. The number of hydrogen-bond acceptors (Lipinski definition) is 6. The van der Waals surface area contributed by atoms with E-state index in [4.69, 9.17) is 11.6 Å². The summed E-state index contributed by atoms with van der Waals surface area (Å²) in [5.74, 6) is 0.713. The molecule has 4 heterocycles. The molecule has 7 nitrogen and oxygen atoms in total. The Morgan fingerprint density at radius 2 is 1.97 bits per heavy atom. The van der Waals surface area contributed by atoms with Crippen LogP contribution in [0, 0.1) is 18.3 Å². The molecule has 0 spiro atoms. The molecule has 1 amide bonds. The van der Waals surface area contributed by atoms with Gasteiger partial charge in [-0.15, -0.1) is 11.3 Å². The van der Waals surface area contributed by atoms with Gasteiger partial charge < -0.3 is 9.80 Å². The second-order valence-electron chi connectivity index (χ2n) is 7.93. The van der Waals surface area contributed by atoms with E-state index < -0.39 is 0 Å². The fourth-order valence-corrected chi connectivity index (χ4v) is 5.45. The van der Waals surface area contributed by atoms with Gasteiger partial charge in [0.1, 0.15) is 16.7 Å². The highest BCUT2D eigenvalue weighted by Gasteiger charge is 2.26. The maximum atomic E-state index is 13.3. The van der Waals surface area contributed by atoms with Crippen LogP contribution in [0.4, 0.5) is 5.82 Å². The number of piperazine rings is 1. The number of pyridine rings is 1. The van der Waals surface area contributed by atoms with Crippen LogP contribution in [0.25, 0.3) is 10.2 Å². The number of halogens is 1. The van der Waals surface area contributed by atoms with E-state index in [0.29, 0.717) is 54.0 Å². The number of carbonyl (C=O) groups excluding carboxylic acids is 1. The summed E-state index contributed by atoms with van der Waals surface area (Å²) in [6, 6.07) is 15.4. The van der Waals surface area contributed by atoms with Gasteiger partial charge in [-0.1, -0.05) is 29.8 Å². The summed E-state index contributed by atoms with van der Waals surface area (Å²) < 4.78 is 1.93. The summed E-state index contributed by atoms with van der Waals surface area (Å²) in [6.07, 6.45) is 1.69. The largest absolute Gasteiger partial charge is 0.352 e. The third-order valence-corrected chi connectivity index (χ3v) is 7.37. The normalized spacial score (nSPS) is 14.0. The van der Waals surface area contributed by atoms with Gasteiger partial charge in [-0.2, -0.15) is 10.4 Å². The smallest absolute Gasteiger partial charge is 0.264 e. The lowest BCUT2D eigenvalue weighted by molar-refractivity contribution is 0.0751. The molecular weight excluding hydrogens is 456 g/mol. The molecule has 1 aliphatic rings. The van der Waals surface area contributed by atoms with Gasteiger partial charge in [0, 0.05) is 42.8 Å². The first-order valence-electron chi connectivity index (χ1n) is 10.6. The minimum absolute atomic E-state index is 0.0288. The average Bonchev–Trinajstić information content (AvgIpc) is 3.41. The summed E-state index contributed by atoms with van der Waals surface area (Å²) in [5, 5.41) is 15.7. The standard InChI is InChI=1S/C24H21ClN6OS/c1-16-19-13-21(33-24(19)31(28-16)15-18-5-2-3-7-20(18)25)23(32)30-11-9-29(10-12-30)22-17(14-26)6-4-8-27-22/h2-8,13H,9-12,15H2,1H3. The summed E-state index contributed by atoms with van der Waals surface area (Å²) in [7, 11) is 0. The molecule has 4 aromatic rings. The number of aryl methyl sites for hydroxylation is 1. The van der Waals surface area contributed by atoms with Crippen LogP contribution in [0.3, 0.4) is 0 Å². The zero-order valence-corrected chi connectivity index (χ0v) is 19.6. The lowest BCUT2D eigenvalue weighted by Gasteiger charge is -2.35. The molecule has 1 saturated heterocycles. The van der Waals surface area contributed by atoms with Crippen molar-refractivity contribution in [1.82, 2.24) is 19.7 Å². The van der Waals surface area contributed by atoms with Crippen molar-refractivity contribution in [3.63, 3.8) is 0 Å². The van der Waals surface area contributed by atoms with E-state index in [2.05, 4.69) is 21.1 Å². The van der Waals surface area contributed by atoms with Crippen molar-refractivity contribution >= 4 is 44.9 Å². The molecule has 1 aliphatic heterocycles. The molecule has 0 radical (unpaired) electrons. The van der Waals surface area contributed by atoms with Gasteiger partial charge >= 0.3 is 0 Å². The van der Waals surface area contributed by atoms with Gasteiger partial charge in [0.2, 0.25) is 0 Å². The van der Waals surface area contributed by atoms with Crippen LogP contribution in [-0.4, -0.2) is 51.8 Å². The van der Waals surface area contributed by atoms with E-state index in [-0.39, 0.29) is 5.91 Å². The van der Waals surface area contributed by atoms with Crippen molar-refractivity contribution in [1.29, 1.82) is 5.26 Å². The number of nitriles is 1. The molecule has 0 atom stereocenters. The van der Waals surface area contributed by atoms with Gasteiger partial charge in [-0.05, 0) is 36.8 Å². The molecular formula is C24H21ClN6OS. The number of thiophene rings is 1. The maximum absolute atomic E-state index is 13.3. The Bertz CT molecular complexity index is 1380. The van der Waals surface area contributed by atoms with Gasteiger partial charge in [0.05, 0.1) is 22.7 Å². The summed E-state index contributed by atoms with van der Waals surface area (Å²) in [4.78, 5) is 23.3. The fraction of sp³-hybridized carbons (Fsp3) is 0.250. The number of amides is 1. The van der Waals surface area contributed by atoms with Crippen molar-refractivity contribution in [2.75, 3.05) is 31.1 Å². The lowest BCUT2D eigenvalue weighted by atomic mass is 10.2. The molecule has 166 valence electrons. The zero-order valence-electron chi connectivity index (χ0n) is 18.0. The average molecular weight is 477 g/mol. The van der Waals surface area contributed by atoms with Crippen LogP contribution in [0.15, 0.2) is 48.7 Å². The SMILES string of the molecule is Cc1nn(Cc2ccccc2Cl)c2sc(C(=O)N3CCN(c4ncccc4C#N)CC3)cc12. The van der Waals surface area contributed by atoms with E-state index in [1.807, 2.05) is 46.8 Å². The van der Waals surface area contributed by atoms with Gasteiger partial charge in [0.25, 0.3) is 5.91 Å². The molecule has 33 heavy (non-hydrogen) atoms. The first-order chi connectivity index (χ1) is 16.0. The fourth-order valence-electron chi connectivity index (χ4n) is 4.13. The number of anilines is 1. The Hall–Kier alpha value is -3.41. The molecule has 0 bridgehead atoms. The number of nitrogens with zero attached hydrogens (tertiary/aromatic N) is 6. The second kappa shape index (κ2) is 8.85. The maximum Gasteiger partial charge on any atom is 0.264 e. The van der Waals surface area contributed by atoms with E-state index in [9.17, 15) is 10.1 Å². The van der Waals surface area contributed by atoms with Gasteiger partial charge in [0.15, 0.2) is 0 Å². The van der Waals surface area contributed by atoms with Crippen LogP contribution in [0.2, 0.25) is 5.02 Å². The zero-order chi connectivity index (χ0) is 22.9. The topological polar surface area (TPSA) is 78.1 Å². The van der Waals surface area contributed by atoms with Crippen molar-refractivity contribution in [2.24, 2.45) is 0 Å². The van der Waals surface area contributed by atoms with Crippen molar-refractivity contribution in [3.05, 3.63) is 75.4 Å². The van der Waals surface area contributed by atoms with Crippen LogP contribution in [0.1, 0.15) is 26.5 Å². The Labute approximate surface area is 200 Å². The summed E-state index contributed by atoms with van der Waals surface area (Å²) >= 11 is 7.81. The first-order valence-corrected chi connectivity index (χ1v) is 11.8. The molecule has 0 aliphatic carbocycles. The molecule has 1 fully saturated rings. The Balaban J connectivity index is 1.33. The highest BCUT2D eigenvalue weighted by atomic mass is 35.5. The minimum Gasteiger partial charge on any atom is -0.352 e. The third-order valence-electron chi connectivity index (χ3n) is 5.87. The monoisotopic (exact) mass is 476 g/mol. The van der Waals surface area contributed by atoms with E-state index in [1.165, 1.54) is 11.3 Å². The van der Waals surface area contributed by atoms with Crippen molar-refractivity contribution in [2.45, 2.75) is 13.5 Å². The molecule has 0 unspecified atom stereocenters. The molecule has 0 saturated carbocycles. The number of carbonyl (C=O) groups is 1. The molecule has 1 aromatic carbocycles. The third kappa shape index (κ3) is 4.06. The Morgan fingerprint density at radius 1 is 1.18 bits per heavy atom. The van der Waals surface area contributed by atoms with Crippen LogP contribution in [0.5, 0.6) is 0 Å². The minimum atomic E-state index is 0.0288. The van der Waals surface area contributed by atoms with Crippen LogP contribution < -0.4 is 4.90 Å². The summed E-state index contributed by atoms with van der Waals surface area (Å²) in [6.45, 7) is 4.97. The number of aromatic nitrogens is 3. The first kappa shape index (κ1) is 21.4.